The molecule has 0 saturated heterocycles. The van der Waals surface area contributed by atoms with Gasteiger partial charge in [0.05, 0.1) is 0 Å². The lowest BCUT2D eigenvalue weighted by Crippen LogP contribution is -2.28. The molecule has 1 atom stereocenters. The van der Waals surface area contributed by atoms with Gasteiger partial charge in [-0.1, -0.05) is 18.5 Å². The number of rotatable bonds is 4. The van der Waals surface area contributed by atoms with Crippen LogP contribution in [0.4, 0.5) is 5.69 Å². The Morgan fingerprint density at radius 3 is 2.38 bits per heavy atom. The lowest BCUT2D eigenvalue weighted by atomic mass is 10.1. The highest BCUT2D eigenvalue weighted by molar-refractivity contribution is 6.30. The van der Waals surface area contributed by atoms with Crippen LogP contribution in [0.2, 0.25) is 5.02 Å². The Labute approximate surface area is 98.2 Å². The molecule has 1 aromatic carbocycles. The quantitative estimate of drug-likeness (QED) is 0.796. The summed E-state index contributed by atoms with van der Waals surface area (Å²) < 4.78 is 0. The summed E-state index contributed by atoms with van der Waals surface area (Å²) in [6, 6.07) is 6.49. The van der Waals surface area contributed by atoms with Gasteiger partial charge in [0.25, 0.3) is 0 Å². The number of nitrogens with one attached hydrogen (secondary N) is 1. The molecule has 16 heavy (non-hydrogen) atoms. The van der Waals surface area contributed by atoms with E-state index in [-0.39, 0.29) is 6.42 Å². The number of hydrogen-bond acceptors (Lipinski definition) is 2. The average Bonchev–Trinajstić information content (AvgIpc) is 2.22. The van der Waals surface area contributed by atoms with Crippen LogP contribution in [0.15, 0.2) is 24.3 Å². The van der Waals surface area contributed by atoms with Crippen LogP contribution in [0.3, 0.4) is 0 Å². The second kappa shape index (κ2) is 5.51. The summed E-state index contributed by atoms with van der Waals surface area (Å²) >= 11 is 5.68. The summed E-state index contributed by atoms with van der Waals surface area (Å²) in [6.45, 7) is 1.65. The Morgan fingerprint density at radius 2 is 1.94 bits per heavy atom. The van der Waals surface area contributed by atoms with E-state index in [2.05, 4.69) is 5.32 Å². The van der Waals surface area contributed by atoms with E-state index in [0.717, 1.165) is 0 Å². The molecule has 0 aliphatic rings. The summed E-state index contributed by atoms with van der Waals surface area (Å²) in [4.78, 5) is 22.3. The van der Waals surface area contributed by atoms with E-state index >= 15 is 0 Å². The first-order chi connectivity index (χ1) is 7.54. The summed E-state index contributed by atoms with van der Waals surface area (Å²) in [5.74, 6) is -2.65. The van der Waals surface area contributed by atoms with Gasteiger partial charge < -0.3 is 10.4 Å². The first kappa shape index (κ1) is 12.5. The minimum atomic E-state index is -1.12. The first-order valence-corrected chi connectivity index (χ1v) is 5.21. The van der Waals surface area contributed by atoms with E-state index in [9.17, 15) is 9.59 Å². The molecule has 0 aromatic heterocycles. The minimum absolute atomic E-state index is 0.259. The average molecular weight is 242 g/mol. The lowest BCUT2D eigenvalue weighted by Gasteiger charge is -2.10. The second-order valence-corrected chi connectivity index (χ2v) is 3.73. The van der Waals surface area contributed by atoms with Crippen LogP contribution >= 0.6 is 11.6 Å². The fraction of sp³-hybridized carbons (Fsp3) is 0.273. The molecule has 0 spiro atoms. The molecule has 0 aliphatic heterocycles. The van der Waals surface area contributed by atoms with Gasteiger partial charge in [-0.3, -0.25) is 9.59 Å². The van der Waals surface area contributed by atoms with Crippen molar-refractivity contribution in [1.82, 2.24) is 0 Å². The molecule has 2 N–H and O–H groups in total. The van der Waals surface area contributed by atoms with Gasteiger partial charge in [-0.05, 0) is 30.7 Å². The highest BCUT2D eigenvalue weighted by Gasteiger charge is 2.23. The molecule has 0 radical (unpaired) electrons. The van der Waals surface area contributed by atoms with Crippen LogP contribution in [0, 0.1) is 5.92 Å². The van der Waals surface area contributed by atoms with Crippen LogP contribution in [-0.4, -0.2) is 17.0 Å². The Bertz CT molecular complexity index is 389. The number of hydrogen-bond donors (Lipinski definition) is 2. The fourth-order valence-corrected chi connectivity index (χ4v) is 1.36. The Balaban J connectivity index is 2.70. The maximum Gasteiger partial charge on any atom is 0.316 e. The summed E-state index contributed by atoms with van der Waals surface area (Å²) in [7, 11) is 0. The molecular weight excluding hydrogens is 230 g/mol. The Morgan fingerprint density at radius 1 is 1.38 bits per heavy atom. The Kier molecular flexibility index (Phi) is 4.31. The van der Waals surface area contributed by atoms with Gasteiger partial charge in [0.1, 0.15) is 5.92 Å². The first-order valence-electron chi connectivity index (χ1n) is 4.83. The molecule has 0 heterocycles. The molecule has 5 heteroatoms. The number of carboxylic acid groups (broad SMARTS) is 1. The number of anilines is 1. The zero-order valence-corrected chi connectivity index (χ0v) is 9.49. The molecule has 0 fully saturated rings. The van der Waals surface area contributed by atoms with Crippen molar-refractivity contribution in [2.24, 2.45) is 5.92 Å². The van der Waals surface area contributed by atoms with Crippen molar-refractivity contribution in [3.8, 4) is 0 Å². The molecule has 86 valence electrons. The topological polar surface area (TPSA) is 66.4 Å². The number of halogens is 1. The monoisotopic (exact) mass is 241 g/mol. The smallest absolute Gasteiger partial charge is 0.316 e. The van der Waals surface area contributed by atoms with Crippen LogP contribution in [0.25, 0.3) is 0 Å². The highest BCUT2D eigenvalue weighted by Crippen LogP contribution is 2.15. The third kappa shape index (κ3) is 3.24. The standard InChI is InChI=1S/C11H12ClNO3/c1-2-9(11(15)16)10(14)13-8-5-3-7(12)4-6-8/h3-6,9H,2H2,1H3,(H,13,14)(H,15,16). The van der Waals surface area contributed by atoms with Gasteiger partial charge in [0.2, 0.25) is 5.91 Å². The largest absolute Gasteiger partial charge is 0.481 e. The molecule has 0 bridgehead atoms. The molecule has 1 aromatic rings. The van der Waals surface area contributed by atoms with Gasteiger partial charge in [-0.25, -0.2) is 0 Å². The van der Waals surface area contributed by atoms with E-state index in [0.29, 0.717) is 10.7 Å². The molecule has 1 rings (SSSR count). The fourth-order valence-electron chi connectivity index (χ4n) is 1.23. The van der Waals surface area contributed by atoms with Gasteiger partial charge >= 0.3 is 5.97 Å². The summed E-state index contributed by atoms with van der Waals surface area (Å²) in [5, 5.41) is 11.9. The van der Waals surface area contributed by atoms with Gasteiger partial charge in [0, 0.05) is 10.7 Å². The van der Waals surface area contributed by atoms with E-state index in [1.165, 1.54) is 0 Å². The summed E-state index contributed by atoms with van der Waals surface area (Å²) in [5.41, 5.74) is 0.536. The molecule has 1 amide bonds. The molecule has 0 saturated carbocycles. The third-order valence-electron chi connectivity index (χ3n) is 2.13. The number of benzene rings is 1. The van der Waals surface area contributed by atoms with Crippen molar-refractivity contribution in [3.05, 3.63) is 29.3 Å². The van der Waals surface area contributed by atoms with E-state index < -0.39 is 17.8 Å². The van der Waals surface area contributed by atoms with Crippen molar-refractivity contribution < 1.29 is 14.7 Å². The minimum Gasteiger partial charge on any atom is -0.481 e. The van der Waals surface area contributed by atoms with Crippen LogP contribution in [0.5, 0.6) is 0 Å². The highest BCUT2D eigenvalue weighted by atomic mass is 35.5. The van der Waals surface area contributed by atoms with Crippen molar-refractivity contribution in [3.63, 3.8) is 0 Å². The van der Waals surface area contributed by atoms with E-state index in [1.54, 1.807) is 31.2 Å². The SMILES string of the molecule is CCC(C(=O)O)C(=O)Nc1ccc(Cl)cc1. The van der Waals surface area contributed by atoms with Crippen LogP contribution < -0.4 is 5.32 Å². The van der Waals surface area contributed by atoms with Gasteiger partial charge in [-0.2, -0.15) is 0 Å². The Hall–Kier alpha value is -1.55. The number of carboxylic acids is 1. The molecule has 4 nitrogen and oxygen atoms in total. The van der Waals surface area contributed by atoms with Crippen molar-refractivity contribution in [2.75, 3.05) is 5.32 Å². The normalized spacial score (nSPS) is 11.9. The molecular formula is C11H12ClNO3. The number of carbonyl (C=O) groups excluding carboxylic acids is 1. The third-order valence-corrected chi connectivity index (χ3v) is 2.39. The zero-order chi connectivity index (χ0) is 12.1. The van der Waals surface area contributed by atoms with Crippen molar-refractivity contribution in [2.45, 2.75) is 13.3 Å². The van der Waals surface area contributed by atoms with Gasteiger partial charge in [0.15, 0.2) is 0 Å². The maximum absolute atomic E-state index is 11.5. The molecule has 0 aliphatic carbocycles. The summed E-state index contributed by atoms with van der Waals surface area (Å²) in [6.07, 6.45) is 0.259. The van der Waals surface area contributed by atoms with E-state index in [1.807, 2.05) is 0 Å². The zero-order valence-electron chi connectivity index (χ0n) is 8.74. The van der Waals surface area contributed by atoms with E-state index in [4.69, 9.17) is 16.7 Å². The second-order valence-electron chi connectivity index (χ2n) is 3.30. The van der Waals surface area contributed by atoms with Gasteiger partial charge in [-0.15, -0.1) is 0 Å². The molecule has 1 unspecified atom stereocenters. The number of carbonyl (C=O) groups is 2. The number of amides is 1. The number of aliphatic carboxylic acids is 1. The van der Waals surface area contributed by atoms with Crippen molar-refractivity contribution >= 4 is 29.2 Å². The maximum atomic E-state index is 11.5. The lowest BCUT2D eigenvalue weighted by molar-refractivity contribution is -0.145. The van der Waals surface area contributed by atoms with Crippen molar-refractivity contribution in [1.29, 1.82) is 0 Å². The van der Waals surface area contributed by atoms with Crippen LogP contribution in [-0.2, 0) is 9.59 Å². The predicted octanol–water partition coefficient (Wildman–Crippen LogP) is 2.39. The predicted molar refractivity (Wildman–Crippen MR) is 61.5 cm³/mol. The van der Waals surface area contributed by atoms with Crippen LogP contribution in [0.1, 0.15) is 13.3 Å².